The Bertz CT molecular complexity index is 149. The Morgan fingerprint density at radius 3 is 1.36 bits per heavy atom. The molecule has 0 amide bonds. The molecule has 3 nitrogen and oxygen atoms in total. The SMILES string of the molecule is CCC(CC)(CC)P(=O)(O)O. The molecule has 0 aliphatic carbocycles. The van der Waals surface area contributed by atoms with Crippen LogP contribution in [0.1, 0.15) is 40.0 Å². The number of rotatable bonds is 4. The summed E-state index contributed by atoms with van der Waals surface area (Å²) in [6.07, 6.45) is 1.64. The van der Waals surface area contributed by atoms with Crippen LogP contribution in [-0.4, -0.2) is 14.9 Å². The Kier molecular flexibility index (Phi) is 3.75. The van der Waals surface area contributed by atoms with Gasteiger partial charge in [-0.05, 0) is 19.3 Å². The predicted molar refractivity (Wildman–Crippen MR) is 45.6 cm³/mol. The second-order valence-corrected chi connectivity index (χ2v) is 4.87. The zero-order valence-corrected chi connectivity index (χ0v) is 8.27. The third-order valence-corrected chi connectivity index (χ3v) is 4.78. The fourth-order valence-electron chi connectivity index (χ4n) is 1.37. The van der Waals surface area contributed by atoms with Crippen LogP contribution < -0.4 is 0 Å². The Labute approximate surface area is 68.0 Å². The van der Waals surface area contributed by atoms with Crippen molar-refractivity contribution in [3.63, 3.8) is 0 Å². The smallest absolute Gasteiger partial charge is 0.324 e. The molecule has 68 valence electrons. The first kappa shape index (κ1) is 11.2. The molecule has 0 aromatic carbocycles. The van der Waals surface area contributed by atoms with Gasteiger partial charge in [0.1, 0.15) is 0 Å². The van der Waals surface area contributed by atoms with Crippen LogP contribution in [0.25, 0.3) is 0 Å². The van der Waals surface area contributed by atoms with E-state index < -0.39 is 12.8 Å². The van der Waals surface area contributed by atoms with Gasteiger partial charge in [0.05, 0.1) is 5.16 Å². The lowest BCUT2D eigenvalue weighted by Gasteiger charge is -2.30. The van der Waals surface area contributed by atoms with Crippen LogP contribution in [0.15, 0.2) is 0 Å². The maximum absolute atomic E-state index is 11.0. The molecular formula is C7H17O3P. The molecule has 0 aliphatic rings. The zero-order chi connectivity index (χ0) is 9.12. The van der Waals surface area contributed by atoms with E-state index in [-0.39, 0.29) is 0 Å². The normalized spacial score (nSPS) is 13.5. The molecule has 0 heterocycles. The van der Waals surface area contributed by atoms with Crippen molar-refractivity contribution in [2.75, 3.05) is 0 Å². The van der Waals surface area contributed by atoms with Crippen molar-refractivity contribution in [3.8, 4) is 0 Å². The van der Waals surface area contributed by atoms with Gasteiger partial charge in [-0.15, -0.1) is 0 Å². The minimum atomic E-state index is -3.91. The predicted octanol–water partition coefficient (Wildman–Crippen LogP) is 2.13. The maximum atomic E-state index is 11.0. The number of hydrogen-bond donors (Lipinski definition) is 2. The van der Waals surface area contributed by atoms with Crippen molar-refractivity contribution < 1.29 is 14.4 Å². The molecule has 0 bridgehead atoms. The van der Waals surface area contributed by atoms with Crippen molar-refractivity contribution >= 4 is 7.60 Å². The minimum Gasteiger partial charge on any atom is -0.324 e. The van der Waals surface area contributed by atoms with E-state index in [4.69, 9.17) is 9.79 Å². The highest BCUT2D eigenvalue weighted by atomic mass is 31.2. The highest BCUT2D eigenvalue weighted by Gasteiger charge is 2.41. The fourth-order valence-corrected chi connectivity index (χ4v) is 2.60. The van der Waals surface area contributed by atoms with Gasteiger partial charge in [-0.3, -0.25) is 4.57 Å². The summed E-state index contributed by atoms with van der Waals surface area (Å²) in [5.74, 6) is 0. The first-order valence-electron chi connectivity index (χ1n) is 3.99. The van der Waals surface area contributed by atoms with Crippen molar-refractivity contribution in [3.05, 3.63) is 0 Å². The summed E-state index contributed by atoms with van der Waals surface area (Å²) in [5, 5.41) is -0.771. The molecular weight excluding hydrogens is 163 g/mol. The van der Waals surface area contributed by atoms with E-state index in [2.05, 4.69) is 0 Å². The van der Waals surface area contributed by atoms with E-state index >= 15 is 0 Å². The van der Waals surface area contributed by atoms with Crippen LogP contribution in [0.5, 0.6) is 0 Å². The lowest BCUT2D eigenvalue weighted by Crippen LogP contribution is -2.25. The molecule has 0 saturated heterocycles. The fraction of sp³-hybridized carbons (Fsp3) is 1.00. The largest absolute Gasteiger partial charge is 0.331 e. The summed E-state index contributed by atoms with van der Waals surface area (Å²) in [4.78, 5) is 18.1. The maximum Gasteiger partial charge on any atom is 0.331 e. The molecule has 11 heavy (non-hydrogen) atoms. The summed E-state index contributed by atoms with van der Waals surface area (Å²) >= 11 is 0. The first-order chi connectivity index (χ1) is 4.93. The second kappa shape index (κ2) is 3.70. The first-order valence-corrected chi connectivity index (χ1v) is 5.60. The Balaban J connectivity index is 4.70. The van der Waals surface area contributed by atoms with Gasteiger partial charge in [-0.2, -0.15) is 0 Å². The van der Waals surface area contributed by atoms with E-state index in [9.17, 15) is 4.57 Å². The quantitative estimate of drug-likeness (QED) is 0.651. The average molecular weight is 180 g/mol. The lowest BCUT2D eigenvalue weighted by atomic mass is 9.99. The summed E-state index contributed by atoms with van der Waals surface area (Å²) in [6, 6.07) is 0. The van der Waals surface area contributed by atoms with Crippen molar-refractivity contribution in [2.24, 2.45) is 0 Å². The van der Waals surface area contributed by atoms with Crippen molar-refractivity contribution in [1.82, 2.24) is 0 Å². The molecule has 0 aromatic rings. The van der Waals surface area contributed by atoms with Crippen LogP contribution in [0.4, 0.5) is 0 Å². The Morgan fingerprint density at radius 1 is 1.09 bits per heavy atom. The molecule has 0 saturated carbocycles. The molecule has 0 aromatic heterocycles. The third-order valence-electron chi connectivity index (χ3n) is 2.59. The van der Waals surface area contributed by atoms with Crippen LogP contribution in [0, 0.1) is 0 Å². The topological polar surface area (TPSA) is 57.5 Å². The summed E-state index contributed by atoms with van der Waals surface area (Å²) < 4.78 is 11.0. The molecule has 0 rings (SSSR count). The van der Waals surface area contributed by atoms with E-state index in [1.54, 1.807) is 0 Å². The van der Waals surface area contributed by atoms with Gasteiger partial charge in [-0.1, -0.05) is 20.8 Å². The van der Waals surface area contributed by atoms with Crippen molar-refractivity contribution in [1.29, 1.82) is 0 Å². The van der Waals surface area contributed by atoms with Crippen LogP contribution in [0.3, 0.4) is 0 Å². The summed E-state index contributed by atoms with van der Waals surface area (Å²) in [6.45, 7) is 5.48. The van der Waals surface area contributed by atoms with E-state index in [1.807, 2.05) is 20.8 Å². The molecule has 2 N–H and O–H groups in total. The summed E-state index contributed by atoms with van der Waals surface area (Å²) in [5.41, 5.74) is 0. The van der Waals surface area contributed by atoms with E-state index in [0.29, 0.717) is 19.3 Å². The number of hydrogen-bond acceptors (Lipinski definition) is 1. The lowest BCUT2D eigenvalue weighted by molar-refractivity contribution is 0.309. The van der Waals surface area contributed by atoms with Gasteiger partial charge in [0, 0.05) is 0 Å². The molecule has 0 unspecified atom stereocenters. The van der Waals surface area contributed by atoms with Gasteiger partial charge in [0.15, 0.2) is 0 Å². The minimum absolute atomic E-state index is 0.546. The zero-order valence-electron chi connectivity index (χ0n) is 7.37. The Morgan fingerprint density at radius 2 is 1.36 bits per heavy atom. The van der Waals surface area contributed by atoms with E-state index in [0.717, 1.165) is 0 Å². The molecule has 0 spiro atoms. The van der Waals surface area contributed by atoms with Crippen molar-refractivity contribution in [2.45, 2.75) is 45.2 Å². The molecule has 0 atom stereocenters. The standard InChI is InChI=1S/C7H17O3P/c1-4-7(5-2,6-3)11(8,9)10/h4-6H2,1-3H3,(H2,8,9,10). The monoisotopic (exact) mass is 180 g/mol. The highest BCUT2D eigenvalue weighted by Crippen LogP contribution is 2.56. The summed E-state index contributed by atoms with van der Waals surface area (Å²) in [7, 11) is -3.91. The van der Waals surface area contributed by atoms with E-state index in [1.165, 1.54) is 0 Å². The molecule has 4 heteroatoms. The van der Waals surface area contributed by atoms with Gasteiger partial charge >= 0.3 is 7.60 Å². The van der Waals surface area contributed by atoms with Crippen LogP contribution in [-0.2, 0) is 4.57 Å². The van der Waals surface area contributed by atoms with Gasteiger partial charge in [0.2, 0.25) is 0 Å². The van der Waals surface area contributed by atoms with Crippen LogP contribution >= 0.6 is 7.60 Å². The average Bonchev–Trinajstić information content (AvgIpc) is 1.90. The molecule has 0 aliphatic heterocycles. The van der Waals surface area contributed by atoms with Crippen LogP contribution in [0.2, 0.25) is 0 Å². The van der Waals surface area contributed by atoms with Gasteiger partial charge in [-0.25, -0.2) is 0 Å². The second-order valence-electron chi connectivity index (χ2n) is 2.83. The highest BCUT2D eigenvalue weighted by molar-refractivity contribution is 7.53. The Hall–Kier alpha value is 0.150. The third kappa shape index (κ3) is 2.05. The molecule has 0 fully saturated rings. The molecule has 0 radical (unpaired) electrons. The van der Waals surface area contributed by atoms with Gasteiger partial charge in [0.25, 0.3) is 0 Å². The van der Waals surface area contributed by atoms with Gasteiger partial charge < -0.3 is 9.79 Å².